The van der Waals surface area contributed by atoms with Gasteiger partial charge >= 0.3 is 11.9 Å². The Balaban J connectivity index is 1.58. The Morgan fingerprint density at radius 2 is 1.95 bits per heavy atom. The molecule has 11 nitrogen and oxygen atoms in total. The summed E-state index contributed by atoms with van der Waals surface area (Å²) >= 11 is 8.63. The second-order valence-electron chi connectivity index (χ2n) is 8.60. The third-order valence-electron chi connectivity index (χ3n) is 6.16. The molecule has 2 amide bonds. The van der Waals surface area contributed by atoms with Gasteiger partial charge in [-0.25, -0.2) is 0 Å². The fraction of sp³-hybridized carbons (Fsp3) is 0.333. The number of amides is 2. The van der Waals surface area contributed by atoms with Gasteiger partial charge in [-0.3, -0.25) is 34.2 Å². The number of hydrogen-bond acceptors (Lipinski definition) is 10. The van der Waals surface area contributed by atoms with Gasteiger partial charge in [0.25, 0.3) is 5.69 Å². The van der Waals surface area contributed by atoms with Crippen LogP contribution in [0.4, 0.5) is 10.7 Å². The van der Waals surface area contributed by atoms with Crippen molar-refractivity contribution in [3.8, 4) is 0 Å². The number of thiophene rings is 1. The summed E-state index contributed by atoms with van der Waals surface area (Å²) in [5.74, 6) is -2.09. The lowest BCUT2D eigenvalue weighted by Crippen LogP contribution is -2.74. The number of thioether (sulfide) groups is 1. The van der Waals surface area contributed by atoms with Gasteiger partial charge in [0.2, 0.25) is 11.8 Å². The Bertz CT molecular complexity index is 1300. The van der Waals surface area contributed by atoms with E-state index in [2.05, 4.69) is 0 Å². The van der Waals surface area contributed by atoms with E-state index in [0.29, 0.717) is 15.5 Å². The number of esters is 2. The lowest BCUT2D eigenvalue weighted by Gasteiger charge is -2.56. The number of carbonyl (C=O) groups excluding carboxylic acids is 4. The van der Waals surface area contributed by atoms with Crippen LogP contribution in [0.5, 0.6) is 0 Å². The van der Waals surface area contributed by atoms with Gasteiger partial charge in [-0.15, -0.1) is 23.1 Å². The summed E-state index contributed by atoms with van der Waals surface area (Å²) in [5.41, 5.74) is -0.0131. The van der Waals surface area contributed by atoms with E-state index in [0.717, 1.165) is 11.8 Å². The summed E-state index contributed by atoms with van der Waals surface area (Å²) in [6, 6.07) is 8.21. The number of anilines is 1. The molecule has 1 aromatic heterocycles. The van der Waals surface area contributed by atoms with E-state index in [-0.39, 0.29) is 30.7 Å². The molecule has 200 valence electrons. The molecule has 2 fully saturated rings. The first kappa shape index (κ1) is 27.6. The van der Waals surface area contributed by atoms with Crippen LogP contribution in [0, 0.1) is 15.5 Å². The highest BCUT2D eigenvalue weighted by atomic mass is 35.5. The number of nitro benzene ring substituents is 1. The zero-order chi connectivity index (χ0) is 27.6. The Labute approximate surface area is 230 Å². The smallest absolute Gasteiger partial charge is 0.322 e. The van der Waals surface area contributed by atoms with Crippen LogP contribution in [0.2, 0.25) is 0 Å². The molecule has 2 aliphatic rings. The number of halogens is 1. The highest BCUT2D eigenvalue weighted by molar-refractivity contribution is 8.04. The van der Waals surface area contributed by atoms with Crippen LogP contribution in [0.3, 0.4) is 0 Å². The van der Waals surface area contributed by atoms with E-state index in [1.807, 2.05) is 0 Å². The van der Waals surface area contributed by atoms with Crippen molar-refractivity contribution < 1.29 is 33.6 Å². The van der Waals surface area contributed by atoms with Crippen LogP contribution in [-0.2, 0) is 35.3 Å². The fourth-order valence-electron chi connectivity index (χ4n) is 4.24. The summed E-state index contributed by atoms with van der Waals surface area (Å²) in [6.45, 7) is 1.75. The maximum atomic E-state index is 13.5. The maximum absolute atomic E-state index is 13.5. The first-order valence-electron chi connectivity index (χ1n) is 11.2. The zero-order valence-corrected chi connectivity index (χ0v) is 22.6. The van der Waals surface area contributed by atoms with Gasteiger partial charge in [-0.1, -0.05) is 11.6 Å². The minimum atomic E-state index is -1.60. The summed E-state index contributed by atoms with van der Waals surface area (Å²) in [7, 11) is 0. The molecule has 0 bridgehead atoms. The van der Waals surface area contributed by atoms with Crippen molar-refractivity contribution in [3.63, 3.8) is 0 Å². The molecule has 3 atom stereocenters. The molecule has 3 heterocycles. The van der Waals surface area contributed by atoms with Crippen molar-refractivity contribution >= 4 is 69.1 Å². The van der Waals surface area contributed by atoms with Gasteiger partial charge in [0.1, 0.15) is 24.6 Å². The van der Waals surface area contributed by atoms with Crippen LogP contribution < -0.4 is 4.90 Å². The molecule has 2 saturated heterocycles. The molecule has 2 aliphatic heterocycles. The third kappa shape index (κ3) is 5.13. The van der Waals surface area contributed by atoms with Crippen molar-refractivity contribution in [1.29, 1.82) is 0 Å². The Kier molecular flexibility index (Phi) is 8.09. The average molecular weight is 580 g/mol. The molecule has 0 radical (unpaired) electrons. The Morgan fingerprint density at radius 3 is 2.50 bits per heavy atom. The number of hydrogen-bond donors (Lipinski definition) is 0. The number of fused-ring (bicyclic) bond motifs is 1. The normalized spacial score (nSPS) is 23.3. The topological polar surface area (TPSA) is 136 Å². The van der Waals surface area contributed by atoms with Crippen molar-refractivity contribution in [2.75, 3.05) is 18.1 Å². The van der Waals surface area contributed by atoms with Crippen LogP contribution in [0.15, 0.2) is 52.2 Å². The minimum absolute atomic E-state index is 0.110. The van der Waals surface area contributed by atoms with Crippen LogP contribution >= 0.6 is 34.7 Å². The SMILES string of the molecule is CC(=O)OCC1(C(=O)OCc2ccc([N+](=O)[O-])cc2)CN2C(=O)C(N(C(C)=O)c3cccs3)[C@H]2SC1=CCl. The van der Waals surface area contributed by atoms with Crippen LogP contribution in [-0.4, -0.2) is 58.1 Å². The summed E-state index contributed by atoms with van der Waals surface area (Å²) < 4.78 is 10.8. The zero-order valence-electron chi connectivity index (χ0n) is 20.2. The van der Waals surface area contributed by atoms with E-state index in [9.17, 15) is 29.3 Å². The third-order valence-corrected chi connectivity index (χ3v) is 8.89. The van der Waals surface area contributed by atoms with Gasteiger partial charge in [0, 0.05) is 43.0 Å². The Hall–Kier alpha value is -3.42. The first-order valence-corrected chi connectivity index (χ1v) is 13.4. The molecule has 0 saturated carbocycles. The van der Waals surface area contributed by atoms with Crippen molar-refractivity contribution in [3.05, 3.63) is 67.9 Å². The molecule has 0 spiro atoms. The van der Waals surface area contributed by atoms with E-state index in [1.54, 1.807) is 17.5 Å². The number of non-ortho nitro benzene ring substituents is 1. The number of ether oxygens (including phenoxy) is 2. The number of benzene rings is 1. The lowest BCUT2D eigenvalue weighted by atomic mass is 9.85. The van der Waals surface area contributed by atoms with Gasteiger partial charge < -0.3 is 14.4 Å². The molecule has 1 aromatic carbocycles. The minimum Gasteiger partial charge on any atom is -0.464 e. The first-order chi connectivity index (χ1) is 18.1. The molecule has 38 heavy (non-hydrogen) atoms. The average Bonchev–Trinajstić information content (AvgIpc) is 3.42. The van der Waals surface area contributed by atoms with Crippen LogP contribution in [0.25, 0.3) is 0 Å². The second-order valence-corrected chi connectivity index (χ2v) is 10.9. The van der Waals surface area contributed by atoms with Crippen molar-refractivity contribution in [2.45, 2.75) is 31.9 Å². The molecular formula is C24H22ClN3O8S2. The monoisotopic (exact) mass is 579 g/mol. The highest BCUT2D eigenvalue weighted by Gasteiger charge is 2.62. The number of nitrogens with zero attached hydrogens (tertiary/aromatic N) is 3. The quantitative estimate of drug-likeness (QED) is 0.198. The maximum Gasteiger partial charge on any atom is 0.322 e. The van der Waals surface area contributed by atoms with E-state index in [1.165, 1.54) is 64.8 Å². The lowest BCUT2D eigenvalue weighted by molar-refractivity contribution is -0.384. The molecule has 0 aliphatic carbocycles. The summed E-state index contributed by atoms with van der Waals surface area (Å²) in [6.07, 6.45) is 0. The molecule has 14 heteroatoms. The molecule has 2 unspecified atom stereocenters. The second kappa shape index (κ2) is 11.1. The predicted molar refractivity (Wildman–Crippen MR) is 140 cm³/mol. The molecule has 2 aromatic rings. The fourth-order valence-corrected chi connectivity index (χ4v) is 6.83. The Morgan fingerprint density at radius 1 is 1.24 bits per heavy atom. The van der Waals surface area contributed by atoms with Crippen molar-refractivity contribution in [2.24, 2.45) is 5.41 Å². The largest absolute Gasteiger partial charge is 0.464 e. The van der Waals surface area contributed by atoms with Crippen LogP contribution in [0.1, 0.15) is 19.4 Å². The molecule has 4 rings (SSSR count). The number of rotatable bonds is 8. The van der Waals surface area contributed by atoms with Crippen molar-refractivity contribution in [1.82, 2.24) is 4.90 Å². The summed E-state index contributed by atoms with van der Waals surface area (Å²) in [5, 5.41) is 12.8. The van der Waals surface area contributed by atoms with E-state index >= 15 is 0 Å². The van der Waals surface area contributed by atoms with E-state index < -0.39 is 40.3 Å². The van der Waals surface area contributed by atoms with E-state index in [4.69, 9.17) is 21.1 Å². The highest BCUT2D eigenvalue weighted by Crippen LogP contribution is 2.52. The van der Waals surface area contributed by atoms with Gasteiger partial charge in [0.15, 0.2) is 5.41 Å². The number of β-lactam (4-membered cyclic amide) rings is 1. The van der Waals surface area contributed by atoms with Gasteiger partial charge in [-0.05, 0) is 35.2 Å². The van der Waals surface area contributed by atoms with Gasteiger partial charge in [0.05, 0.1) is 9.92 Å². The summed E-state index contributed by atoms with van der Waals surface area (Å²) in [4.78, 5) is 64.5. The standard InChI is InChI=1S/C24H22ClN3O8S2/c1-14(29)27(19-4-3-9-37-19)20-21(31)26-12-24(13-36-15(2)30,18(10-25)38-22(20)26)23(32)35-11-16-5-7-17(8-6-16)28(33)34/h3-10,20,22H,11-13H2,1-2H3/t20?,22-,24?/m1/s1. The number of carbonyl (C=O) groups is 4. The molecule has 0 N–H and O–H groups in total. The number of nitro groups is 1. The van der Waals surface area contributed by atoms with Gasteiger partial charge in [-0.2, -0.15) is 0 Å². The molecular weight excluding hydrogens is 558 g/mol. The predicted octanol–water partition coefficient (Wildman–Crippen LogP) is 3.67.